The number of aryl methyl sites for hydroxylation is 1. The molecule has 2 aromatic carbocycles. The van der Waals surface area contributed by atoms with E-state index in [1.807, 2.05) is 18.2 Å². The Balaban J connectivity index is 2.63. The number of nitriles is 1. The largest absolute Gasteiger partial charge is 0.192 e. The molecule has 0 aliphatic heterocycles. The van der Waals surface area contributed by atoms with E-state index >= 15 is 0 Å². The Morgan fingerprint density at radius 3 is 2.80 bits per heavy atom. The first-order valence-corrected chi connectivity index (χ1v) is 5.95. The molecule has 0 bridgehead atoms. The number of nitrogens with zero attached hydrogens (tertiary/aromatic N) is 1. The Labute approximate surface area is 97.5 Å². The lowest BCUT2D eigenvalue weighted by atomic mass is 10.0. The van der Waals surface area contributed by atoms with Gasteiger partial charge in [-0.05, 0) is 34.9 Å². The van der Waals surface area contributed by atoms with Crippen molar-refractivity contribution >= 4 is 26.7 Å². The average molecular weight is 260 g/mol. The monoisotopic (exact) mass is 259 g/mol. The SMILES string of the molecule is N#Cc1cccc2ccc(CCBr)cc12. The van der Waals surface area contributed by atoms with Crippen molar-refractivity contribution in [3.63, 3.8) is 0 Å². The molecule has 0 heterocycles. The van der Waals surface area contributed by atoms with Gasteiger partial charge >= 0.3 is 0 Å². The average Bonchev–Trinajstić information content (AvgIpc) is 2.28. The summed E-state index contributed by atoms with van der Waals surface area (Å²) in [5.74, 6) is 0. The number of alkyl halides is 1. The minimum absolute atomic E-state index is 0.754. The molecule has 0 spiro atoms. The second-order valence-corrected chi connectivity index (χ2v) is 4.20. The summed E-state index contributed by atoms with van der Waals surface area (Å²) in [5.41, 5.74) is 2.02. The van der Waals surface area contributed by atoms with Crippen LogP contribution in [0, 0.1) is 11.3 Å². The molecule has 0 aromatic heterocycles. The molecule has 0 N–H and O–H groups in total. The molecule has 2 heteroatoms. The van der Waals surface area contributed by atoms with E-state index in [4.69, 9.17) is 5.26 Å². The molecule has 0 aliphatic carbocycles. The zero-order valence-electron chi connectivity index (χ0n) is 8.20. The van der Waals surface area contributed by atoms with Gasteiger partial charge in [0.1, 0.15) is 0 Å². The Morgan fingerprint density at radius 2 is 2.07 bits per heavy atom. The van der Waals surface area contributed by atoms with Gasteiger partial charge in [0, 0.05) is 5.33 Å². The van der Waals surface area contributed by atoms with Crippen molar-refractivity contribution in [1.29, 1.82) is 5.26 Å². The lowest BCUT2D eigenvalue weighted by Gasteiger charge is -2.03. The second-order valence-electron chi connectivity index (χ2n) is 3.41. The fourth-order valence-electron chi connectivity index (χ4n) is 1.68. The molecule has 2 aromatic rings. The predicted molar refractivity (Wildman–Crippen MR) is 66.2 cm³/mol. The quantitative estimate of drug-likeness (QED) is 0.756. The van der Waals surface area contributed by atoms with E-state index in [-0.39, 0.29) is 0 Å². The normalized spacial score (nSPS) is 10.1. The molecule has 0 fully saturated rings. The summed E-state index contributed by atoms with van der Waals surface area (Å²) in [5, 5.41) is 12.1. The lowest BCUT2D eigenvalue weighted by molar-refractivity contribution is 1.18. The third-order valence-electron chi connectivity index (χ3n) is 2.45. The standard InChI is InChI=1S/C13H10BrN/c14-7-6-10-4-5-11-2-1-3-12(9-15)13(11)8-10/h1-5,8H,6-7H2. The van der Waals surface area contributed by atoms with Crippen molar-refractivity contribution in [2.45, 2.75) is 6.42 Å². The van der Waals surface area contributed by atoms with Crippen molar-refractivity contribution in [3.8, 4) is 6.07 Å². The van der Waals surface area contributed by atoms with Gasteiger partial charge in [0.15, 0.2) is 0 Å². The van der Waals surface area contributed by atoms with Crippen molar-refractivity contribution in [2.24, 2.45) is 0 Å². The maximum absolute atomic E-state index is 9.00. The highest BCUT2D eigenvalue weighted by Crippen LogP contribution is 2.20. The van der Waals surface area contributed by atoms with Crippen LogP contribution in [-0.4, -0.2) is 5.33 Å². The van der Waals surface area contributed by atoms with Gasteiger partial charge in [-0.1, -0.05) is 40.2 Å². The molecule has 74 valence electrons. The molecule has 0 unspecified atom stereocenters. The highest BCUT2D eigenvalue weighted by atomic mass is 79.9. The van der Waals surface area contributed by atoms with Crippen molar-refractivity contribution < 1.29 is 0 Å². The van der Waals surface area contributed by atoms with Crippen LogP contribution in [0.3, 0.4) is 0 Å². The minimum Gasteiger partial charge on any atom is -0.192 e. The smallest absolute Gasteiger partial charge is 0.0998 e. The Hall–Kier alpha value is -1.33. The molecule has 15 heavy (non-hydrogen) atoms. The minimum atomic E-state index is 0.754. The maximum Gasteiger partial charge on any atom is 0.0998 e. The number of halogens is 1. The number of rotatable bonds is 2. The molecule has 0 saturated carbocycles. The number of hydrogen-bond donors (Lipinski definition) is 0. The third kappa shape index (κ3) is 2.03. The molecule has 0 atom stereocenters. The molecule has 2 rings (SSSR count). The lowest BCUT2D eigenvalue weighted by Crippen LogP contribution is -1.87. The van der Waals surface area contributed by atoms with E-state index in [0.29, 0.717) is 0 Å². The fraction of sp³-hybridized carbons (Fsp3) is 0.154. The number of hydrogen-bond acceptors (Lipinski definition) is 1. The highest BCUT2D eigenvalue weighted by Gasteiger charge is 2.00. The van der Waals surface area contributed by atoms with Gasteiger partial charge in [-0.3, -0.25) is 0 Å². The van der Waals surface area contributed by atoms with Crippen LogP contribution in [0.15, 0.2) is 36.4 Å². The first-order valence-electron chi connectivity index (χ1n) is 4.83. The summed E-state index contributed by atoms with van der Waals surface area (Å²) in [7, 11) is 0. The van der Waals surface area contributed by atoms with Gasteiger partial charge in [-0.25, -0.2) is 0 Å². The van der Waals surface area contributed by atoms with Crippen LogP contribution < -0.4 is 0 Å². The molecular formula is C13H10BrN. The van der Waals surface area contributed by atoms with Gasteiger partial charge in [-0.2, -0.15) is 5.26 Å². The summed E-state index contributed by atoms with van der Waals surface area (Å²) < 4.78 is 0. The first-order chi connectivity index (χ1) is 7.35. The van der Waals surface area contributed by atoms with E-state index in [1.165, 1.54) is 5.56 Å². The van der Waals surface area contributed by atoms with E-state index < -0.39 is 0 Å². The van der Waals surface area contributed by atoms with Crippen LogP contribution in [0.1, 0.15) is 11.1 Å². The molecule has 0 radical (unpaired) electrons. The van der Waals surface area contributed by atoms with Crippen LogP contribution in [0.5, 0.6) is 0 Å². The molecule has 0 aliphatic rings. The topological polar surface area (TPSA) is 23.8 Å². The van der Waals surface area contributed by atoms with Gasteiger partial charge in [0.25, 0.3) is 0 Å². The Bertz CT molecular complexity index is 526. The predicted octanol–water partition coefficient (Wildman–Crippen LogP) is 3.65. The zero-order chi connectivity index (χ0) is 10.7. The van der Waals surface area contributed by atoms with Crippen molar-refractivity contribution in [3.05, 3.63) is 47.5 Å². The highest BCUT2D eigenvalue weighted by molar-refractivity contribution is 9.09. The van der Waals surface area contributed by atoms with Crippen LogP contribution in [0.25, 0.3) is 10.8 Å². The summed E-state index contributed by atoms with van der Waals surface area (Å²) in [6.45, 7) is 0. The Morgan fingerprint density at radius 1 is 1.20 bits per heavy atom. The fourth-order valence-corrected chi connectivity index (χ4v) is 2.14. The van der Waals surface area contributed by atoms with Crippen LogP contribution >= 0.6 is 15.9 Å². The van der Waals surface area contributed by atoms with Crippen LogP contribution in [0.4, 0.5) is 0 Å². The summed E-state index contributed by atoms with van der Waals surface area (Å²) in [6, 6.07) is 14.3. The Kier molecular flexibility index (Phi) is 3.03. The van der Waals surface area contributed by atoms with E-state index in [2.05, 4.69) is 40.2 Å². The number of benzene rings is 2. The van der Waals surface area contributed by atoms with Gasteiger partial charge in [0.2, 0.25) is 0 Å². The molecule has 0 saturated heterocycles. The molecule has 0 amide bonds. The van der Waals surface area contributed by atoms with E-state index in [9.17, 15) is 0 Å². The van der Waals surface area contributed by atoms with Crippen LogP contribution in [0.2, 0.25) is 0 Å². The van der Waals surface area contributed by atoms with E-state index in [0.717, 1.165) is 28.1 Å². The van der Waals surface area contributed by atoms with E-state index in [1.54, 1.807) is 0 Å². The summed E-state index contributed by atoms with van der Waals surface area (Å²) in [4.78, 5) is 0. The van der Waals surface area contributed by atoms with Crippen molar-refractivity contribution in [2.75, 3.05) is 5.33 Å². The van der Waals surface area contributed by atoms with Gasteiger partial charge in [0.05, 0.1) is 11.6 Å². The van der Waals surface area contributed by atoms with Crippen molar-refractivity contribution in [1.82, 2.24) is 0 Å². The number of fused-ring (bicyclic) bond motifs is 1. The summed E-state index contributed by atoms with van der Waals surface area (Å²) >= 11 is 3.42. The third-order valence-corrected chi connectivity index (χ3v) is 2.85. The van der Waals surface area contributed by atoms with Crippen LogP contribution in [-0.2, 0) is 6.42 Å². The second kappa shape index (κ2) is 4.46. The summed E-state index contributed by atoms with van der Waals surface area (Å²) in [6.07, 6.45) is 0.996. The van der Waals surface area contributed by atoms with Gasteiger partial charge in [-0.15, -0.1) is 0 Å². The molecular weight excluding hydrogens is 250 g/mol. The maximum atomic E-state index is 9.00. The van der Waals surface area contributed by atoms with Gasteiger partial charge < -0.3 is 0 Å². The molecule has 1 nitrogen and oxygen atoms in total. The first kappa shape index (κ1) is 10.2. The zero-order valence-corrected chi connectivity index (χ0v) is 9.79.